The van der Waals surface area contributed by atoms with Gasteiger partial charge in [0.05, 0.1) is 64.6 Å². The second-order valence-electron chi connectivity index (χ2n) is 15.2. The number of thiophene rings is 1. The maximum absolute atomic E-state index is 16.6. The molecule has 0 radical (unpaired) electrons. The predicted molar refractivity (Wildman–Crippen MR) is 213 cm³/mol. The minimum Gasteiger partial charge on any atom is -0.464 e. The quantitative estimate of drug-likeness (QED) is 0.116. The smallest absolute Gasteiger partial charge is 0.407 e. The number of nitrogens with one attached hydrogen (secondary N) is 4. The summed E-state index contributed by atoms with van der Waals surface area (Å²) < 4.78 is 30.3. The van der Waals surface area contributed by atoms with Gasteiger partial charge in [0.2, 0.25) is 12.1 Å². The average Bonchev–Trinajstić information content (AvgIpc) is 4.06. The summed E-state index contributed by atoms with van der Waals surface area (Å²) in [4.78, 5) is 46.1. The number of likely N-dealkylation sites (tertiary alicyclic amines) is 1. The number of alkyl carbamates (subject to hydrolysis) is 1. The highest BCUT2D eigenvalue weighted by Crippen LogP contribution is 2.48. The molecule has 2 saturated heterocycles. The molecule has 2 amide bonds. The Labute approximate surface area is 327 Å². The third-order valence-corrected chi connectivity index (χ3v) is 12.6. The molecule has 6 aromatic rings. The van der Waals surface area contributed by atoms with Crippen LogP contribution in [-0.4, -0.2) is 67.6 Å². The van der Waals surface area contributed by atoms with Crippen molar-refractivity contribution in [3.63, 3.8) is 0 Å². The van der Waals surface area contributed by atoms with E-state index in [1.165, 1.54) is 18.1 Å². The number of halogens is 1. The van der Waals surface area contributed by atoms with Gasteiger partial charge in [-0.3, -0.25) is 9.36 Å². The first-order chi connectivity index (χ1) is 27.2. The number of hydrogen-bond acceptors (Lipinski definition) is 8. The molecule has 4 N–H and O–H groups in total. The lowest BCUT2D eigenvalue weighted by molar-refractivity contribution is -0.135. The van der Waals surface area contributed by atoms with Gasteiger partial charge >= 0.3 is 6.09 Å². The summed E-state index contributed by atoms with van der Waals surface area (Å²) >= 11 is 1.70. The number of carbonyl (C=O) groups excluding carboxylic acids is 2. The molecule has 4 aromatic heterocycles. The van der Waals surface area contributed by atoms with Gasteiger partial charge < -0.3 is 35.0 Å². The first-order valence-corrected chi connectivity index (χ1v) is 20.3. The molecule has 0 spiro atoms. The normalized spacial score (nSPS) is 19.6. The highest BCUT2D eigenvalue weighted by Gasteiger charge is 2.38. The molecule has 14 heteroatoms. The number of aromatic amines is 2. The Kier molecular flexibility index (Phi) is 9.40. The number of hydrogen-bond donors (Lipinski definition) is 4. The van der Waals surface area contributed by atoms with E-state index in [1.807, 2.05) is 26.1 Å². The Morgan fingerprint density at radius 3 is 2.57 bits per heavy atom. The fourth-order valence-corrected chi connectivity index (χ4v) is 9.40. The minimum absolute atomic E-state index is 0.149. The van der Waals surface area contributed by atoms with Crippen LogP contribution in [-0.2, 0) is 16.0 Å². The van der Waals surface area contributed by atoms with Crippen molar-refractivity contribution in [1.82, 2.24) is 40.0 Å². The lowest BCUT2D eigenvalue weighted by Crippen LogP contribution is -2.51. The number of methoxy groups -OCH3 is 1. The van der Waals surface area contributed by atoms with Crippen molar-refractivity contribution in [2.24, 2.45) is 5.92 Å². The van der Waals surface area contributed by atoms with Crippen LogP contribution in [0.5, 0.6) is 5.75 Å². The summed E-state index contributed by atoms with van der Waals surface area (Å²) in [6.07, 6.45) is 7.01. The molecule has 56 heavy (non-hydrogen) atoms. The number of aromatic nitrogens is 5. The molecule has 7 heterocycles. The van der Waals surface area contributed by atoms with Crippen molar-refractivity contribution in [3.05, 3.63) is 88.1 Å². The molecule has 2 unspecified atom stereocenters. The van der Waals surface area contributed by atoms with E-state index in [1.54, 1.807) is 22.4 Å². The number of fused-ring (bicyclic) bond motifs is 5. The number of imidazole rings is 2. The van der Waals surface area contributed by atoms with Crippen LogP contribution in [0.2, 0.25) is 0 Å². The molecule has 0 aliphatic carbocycles. The summed E-state index contributed by atoms with van der Waals surface area (Å²) in [6, 6.07) is 15.2. The van der Waals surface area contributed by atoms with Gasteiger partial charge in [-0.2, -0.15) is 0 Å². The van der Waals surface area contributed by atoms with Crippen LogP contribution in [0.4, 0.5) is 9.18 Å². The van der Waals surface area contributed by atoms with Crippen molar-refractivity contribution in [2.75, 3.05) is 20.2 Å². The van der Waals surface area contributed by atoms with Crippen molar-refractivity contribution < 1.29 is 23.5 Å². The maximum Gasteiger partial charge on any atom is 0.407 e. The molecule has 12 nitrogen and oxygen atoms in total. The van der Waals surface area contributed by atoms with E-state index < -0.39 is 24.2 Å². The summed E-state index contributed by atoms with van der Waals surface area (Å²) in [5.41, 5.74) is 5.23. The van der Waals surface area contributed by atoms with E-state index >= 15 is 4.39 Å². The lowest BCUT2D eigenvalue weighted by Gasteiger charge is -2.30. The molecule has 9 rings (SSSR count). The van der Waals surface area contributed by atoms with Gasteiger partial charge in [-0.25, -0.2) is 19.2 Å². The number of ether oxygens (including phenoxy) is 2. The van der Waals surface area contributed by atoms with Crippen LogP contribution in [0.25, 0.3) is 44.7 Å². The number of nitrogens with zero attached hydrogens (tertiary/aromatic N) is 4. The van der Waals surface area contributed by atoms with Crippen LogP contribution < -0.4 is 15.4 Å². The average molecular weight is 777 g/mol. The van der Waals surface area contributed by atoms with Crippen molar-refractivity contribution in [2.45, 2.75) is 77.2 Å². The van der Waals surface area contributed by atoms with Crippen molar-refractivity contribution in [1.29, 1.82) is 0 Å². The molecule has 2 fully saturated rings. The minimum atomic E-state index is -0.742. The molecule has 3 aliphatic heterocycles. The van der Waals surface area contributed by atoms with Gasteiger partial charge in [0.1, 0.15) is 29.3 Å². The summed E-state index contributed by atoms with van der Waals surface area (Å²) in [5, 5.41) is 7.17. The number of carbonyl (C=O) groups is 2. The topological polar surface area (TPSA) is 142 Å². The number of amides is 2. The molecule has 290 valence electrons. The SMILES string of the molecule is CCc1ccc(C2Oc3cc(-c4cnc([C@@H]5CCCN5C(=O)[C@@H](NC(=O)OC)C(C)C)[nH]4)cc(F)c3-c3cc4cc(-c5cnc(C6CCCN6)[nH]5)ccc4n32)s1. The molecular weight excluding hydrogens is 732 g/mol. The summed E-state index contributed by atoms with van der Waals surface area (Å²) in [6.45, 7) is 7.44. The Morgan fingerprint density at radius 1 is 1.02 bits per heavy atom. The van der Waals surface area contributed by atoms with E-state index in [9.17, 15) is 9.59 Å². The molecule has 2 aromatic carbocycles. The standard InChI is InChI=1S/C42H45FN8O4S/c1-5-26-11-13-35(56-26)41-51-31-12-10-23(29-20-45-38(47-29)28-8-6-14-44-28)16-25(31)18-33(51)36-27(43)17-24(19-34(36)55-41)30-21-46-39(48-30)32-9-7-15-50(32)40(52)37(22(2)3)49-42(53)54-4/h10-13,16-22,28,32,37,41,44H,5-9,14-15H2,1-4H3,(H,45,47)(H,46,48)(H,49,53)/t28?,32-,37-,41?/m0/s1. The highest BCUT2D eigenvalue weighted by atomic mass is 32.1. The van der Waals surface area contributed by atoms with Gasteiger partial charge in [-0.15, -0.1) is 11.3 Å². The van der Waals surface area contributed by atoms with Gasteiger partial charge in [0.15, 0.2) is 0 Å². The molecular formula is C42H45FN8O4S. The fraction of sp³-hybridized carbons (Fsp3) is 0.381. The molecule has 0 bridgehead atoms. The van der Waals surface area contributed by atoms with Gasteiger partial charge in [-0.1, -0.05) is 26.8 Å². The second-order valence-corrected chi connectivity index (χ2v) is 16.4. The molecule has 3 aliphatic rings. The van der Waals surface area contributed by atoms with Crippen LogP contribution in [0.1, 0.15) is 86.2 Å². The summed E-state index contributed by atoms with van der Waals surface area (Å²) in [7, 11) is 1.28. The first kappa shape index (κ1) is 36.2. The van der Waals surface area contributed by atoms with Crippen molar-refractivity contribution in [3.8, 4) is 39.5 Å². The van der Waals surface area contributed by atoms with E-state index in [2.05, 4.69) is 78.5 Å². The monoisotopic (exact) mass is 776 g/mol. The number of H-pyrrole nitrogens is 2. The molecule has 0 saturated carbocycles. The molecule has 4 atom stereocenters. The second kappa shape index (κ2) is 14.6. The lowest BCUT2D eigenvalue weighted by atomic mass is 10.0. The number of benzene rings is 2. The van der Waals surface area contributed by atoms with Crippen LogP contribution >= 0.6 is 11.3 Å². The summed E-state index contributed by atoms with van der Waals surface area (Å²) in [5.74, 6) is 1.24. The number of aryl methyl sites for hydroxylation is 1. The highest BCUT2D eigenvalue weighted by molar-refractivity contribution is 7.12. The van der Waals surface area contributed by atoms with E-state index in [0.29, 0.717) is 41.4 Å². The van der Waals surface area contributed by atoms with Crippen LogP contribution in [0.15, 0.2) is 60.9 Å². The Balaban J connectivity index is 1.06. The van der Waals surface area contributed by atoms with E-state index in [-0.39, 0.29) is 23.9 Å². The zero-order chi connectivity index (χ0) is 38.7. The third kappa shape index (κ3) is 6.34. The number of rotatable bonds is 9. The largest absolute Gasteiger partial charge is 0.464 e. The predicted octanol–water partition coefficient (Wildman–Crippen LogP) is 8.26. The van der Waals surface area contributed by atoms with Gasteiger partial charge in [0, 0.05) is 27.9 Å². The van der Waals surface area contributed by atoms with Crippen molar-refractivity contribution >= 4 is 34.2 Å². The Bertz CT molecular complexity index is 2440. The zero-order valence-electron chi connectivity index (χ0n) is 31.8. The van der Waals surface area contributed by atoms with E-state index in [0.717, 1.165) is 70.8 Å². The third-order valence-electron chi connectivity index (χ3n) is 11.3. The zero-order valence-corrected chi connectivity index (χ0v) is 32.6. The van der Waals surface area contributed by atoms with Gasteiger partial charge in [0.25, 0.3) is 0 Å². The fourth-order valence-electron chi connectivity index (χ4n) is 8.43. The maximum atomic E-state index is 16.6. The Morgan fingerprint density at radius 2 is 1.82 bits per heavy atom. The van der Waals surface area contributed by atoms with Gasteiger partial charge in [-0.05, 0) is 87.0 Å². The Hall–Kier alpha value is -5.47. The van der Waals surface area contributed by atoms with Crippen LogP contribution in [0.3, 0.4) is 0 Å². The first-order valence-electron chi connectivity index (χ1n) is 19.4. The van der Waals surface area contributed by atoms with E-state index in [4.69, 9.17) is 9.47 Å². The van der Waals surface area contributed by atoms with Crippen LogP contribution in [0, 0.1) is 11.7 Å².